The summed E-state index contributed by atoms with van der Waals surface area (Å²) in [5.74, 6) is 0. The van der Waals surface area contributed by atoms with E-state index in [4.69, 9.17) is 0 Å². The first-order valence-electron chi connectivity index (χ1n) is 7.60. The third kappa shape index (κ3) is 3.49. The predicted octanol–water partition coefficient (Wildman–Crippen LogP) is 2.20. The first-order valence-corrected chi connectivity index (χ1v) is 9.04. The molecule has 0 aliphatic carbocycles. The second kappa shape index (κ2) is 6.10. The molecule has 5 nitrogen and oxygen atoms in total. The van der Waals surface area contributed by atoms with Gasteiger partial charge >= 0.3 is 0 Å². The molecule has 0 radical (unpaired) electrons. The van der Waals surface area contributed by atoms with Gasteiger partial charge in [-0.05, 0) is 30.7 Å². The minimum absolute atomic E-state index is 0.0249. The summed E-state index contributed by atoms with van der Waals surface area (Å²) in [7, 11) is -3.46. The molecule has 0 aromatic carbocycles. The largest absolute Gasteiger partial charge is 0.390 e. The summed E-state index contributed by atoms with van der Waals surface area (Å²) in [5, 5.41) is 9.39. The molecule has 1 saturated heterocycles. The van der Waals surface area contributed by atoms with Crippen LogP contribution in [0.15, 0.2) is 17.2 Å². The summed E-state index contributed by atoms with van der Waals surface area (Å²) in [5.41, 5.74) is 0.684. The van der Waals surface area contributed by atoms with E-state index in [0.29, 0.717) is 23.7 Å². The van der Waals surface area contributed by atoms with E-state index in [0.717, 1.165) is 25.8 Å². The van der Waals surface area contributed by atoms with Crippen molar-refractivity contribution in [3.8, 4) is 0 Å². The van der Waals surface area contributed by atoms with Gasteiger partial charge in [0.15, 0.2) is 0 Å². The number of aromatic nitrogens is 1. The number of piperidine rings is 1. The van der Waals surface area contributed by atoms with Crippen LogP contribution >= 0.6 is 0 Å². The molecule has 21 heavy (non-hydrogen) atoms. The normalized spacial score (nSPS) is 19.8. The number of sulfonamides is 1. The molecule has 2 heterocycles. The van der Waals surface area contributed by atoms with Crippen molar-refractivity contribution in [3.63, 3.8) is 0 Å². The smallest absolute Gasteiger partial charge is 0.244 e. The van der Waals surface area contributed by atoms with Crippen LogP contribution in [-0.2, 0) is 23.2 Å². The maximum absolute atomic E-state index is 12.8. The Hall–Kier alpha value is -0.850. The third-order valence-corrected chi connectivity index (χ3v) is 5.90. The third-order valence-electron chi connectivity index (χ3n) is 4.09. The van der Waals surface area contributed by atoms with Crippen LogP contribution in [0.2, 0.25) is 0 Å². The minimum atomic E-state index is -3.46. The zero-order chi connectivity index (χ0) is 15.7. The number of hydrogen-bond donors (Lipinski definition) is 1. The maximum atomic E-state index is 12.8. The second-order valence-electron chi connectivity index (χ2n) is 6.63. The molecule has 120 valence electrons. The number of rotatable bonds is 5. The van der Waals surface area contributed by atoms with Crippen molar-refractivity contribution < 1.29 is 13.5 Å². The quantitative estimate of drug-likeness (QED) is 0.906. The highest BCUT2D eigenvalue weighted by Crippen LogP contribution is 2.32. The molecule has 0 atom stereocenters. The monoisotopic (exact) mass is 314 g/mol. The maximum Gasteiger partial charge on any atom is 0.244 e. The molecule has 2 rings (SSSR count). The summed E-state index contributed by atoms with van der Waals surface area (Å²) in [4.78, 5) is 0.303. The van der Waals surface area contributed by atoms with Gasteiger partial charge in [-0.1, -0.05) is 20.8 Å². The highest BCUT2D eigenvalue weighted by atomic mass is 32.2. The molecule has 0 unspecified atom stereocenters. The van der Waals surface area contributed by atoms with Gasteiger partial charge in [0.25, 0.3) is 0 Å². The van der Waals surface area contributed by atoms with Crippen LogP contribution in [0.4, 0.5) is 0 Å². The van der Waals surface area contributed by atoms with Crippen molar-refractivity contribution in [2.75, 3.05) is 13.1 Å². The average Bonchev–Trinajstić information content (AvgIpc) is 2.82. The molecule has 1 aromatic heterocycles. The summed E-state index contributed by atoms with van der Waals surface area (Å²) in [6.07, 6.45) is 4.51. The lowest BCUT2D eigenvalue weighted by Gasteiger charge is -2.36. The fourth-order valence-corrected chi connectivity index (χ4v) is 4.70. The van der Waals surface area contributed by atoms with E-state index in [-0.39, 0.29) is 12.0 Å². The Bertz CT molecular complexity index is 590. The molecular weight excluding hydrogens is 288 g/mol. The molecule has 1 N–H and O–H groups in total. The van der Waals surface area contributed by atoms with E-state index >= 15 is 0 Å². The molecule has 0 saturated carbocycles. The van der Waals surface area contributed by atoms with Crippen LogP contribution in [0, 0.1) is 5.41 Å². The van der Waals surface area contributed by atoms with Crippen molar-refractivity contribution in [2.24, 2.45) is 5.41 Å². The fourth-order valence-electron chi connectivity index (χ4n) is 2.97. The lowest BCUT2D eigenvalue weighted by atomic mass is 9.85. The molecule has 1 fully saturated rings. The van der Waals surface area contributed by atoms with Crippen LogP contribution < -0.4 is 0 Å². The van der Waals surface area contributed by atoms with Crippen LogP contribution in [0.25, 0.3) is 0 Å². The summed E-state index contributed by atoms with van der Waals surface area (Å²) in [6.45, 7) is 7.97. The highest BCUT2D eigenvalue weighted by molar-refractivity contribution is 7.89. The molecular formula is C15H26N2O3S. The van der Waals surface area contributed by atoms with Gasteiger partial charge in [-0.2, -0.15) is 4.31 Å². The van der Waals surface area contributed by atoms with Gasteiger partial charge in [-0.25, -0.2) is 8.42 Å². The molecule has 1 aromatic rings. The fraction of sp³-hybridized carbons (Fsp3) is 0.733. The Morgan fingerprint density at radius 2 is 2.10 bits per heavy atom. The van der Waals surface area contributed by atoms with E-state index in [2.05, 4.69) is 13.8 Å². The van der Waals surface area contributed by atoms with Crippen molar-refractivity contribution in [3.05, 3.63) is 18.0 Å². The molecule has 0 spiro atoms. The van der Waals surface area contributed by atoms with Gasteiger partial charge in [-0.15, -0.1) is 0 Å². The van der Waals surface area contributed by atoms with E-state index < -0.39 is 10.0 Å². The molecule has 6 heteroatoms. The van der Waals surface area contributed by atoms with Gasteiger partial charge in [0.2, 0.25) is 10.0 Å². The lowest BCUT2D eigenvalue weighted by molar-refractivity contribution is 0.187. The second-order valence-corrected chi connectivity index (χ2v) is 8.56. The van der Waals surface area contributed by atoms with Crippen LogP contribution in [0.5, 0.6) is 0 Å². The predicted molar refractivity (Wildman–Crippen MR) is 82.4 cm³/mol. The zero-order valence-electron chi connectivity index (χ0n) is 13.2. The van der Waals surface area contributed by atoms with Crippen molar-refractivity contribution in [2.45, 2.75) is 58.1 Å². The van der Waals surface area contributed by atoms with Crippen LogP contribution in [-0.4, -0.2) is 35.5 Å². The lowest BCUT2D eigenvalue weighted by Crippen LogP contribution is -2.43. The van der Waals surface area contributed by atoms with Gasteiger partial charge in [0, 0.05) is 31.5 Å². The number of aliphatic hydroxyl groups is 1. The Morgan fingerprint density at radius 1 is 1.38 bits per heavy atom. The Balaban J connectivity index is 2.31. The van der Waals surface area contributed by atoms with Crippen LogP contribution in [0.3, 0.4) is 0 Å². The summed E-state index contributed by atoms with van der Waals surface area (Å²) < 4.78 is 29.0. The molecule has 0 bridgehead atoms. The van der Waals surface area contributed by atoms with E-state index in [1.54, 1.807) is 16.6 Å². The van der Waals surface area contributed by atoms with E-state index in [9.17, 15) is 13.5 Å². The van der Waals surface area contributed by atoms with Gasteiger partial charge in [-0.3, -0.25) is 0 Å². The SMILES string of the molecule is CCCn1cc(S(=O)(=O)N2CCCC(C)(C)C2)cc1CO. The van der Waals surface area contributed by atoms with E-state index in [1.165, 1.54) is 0 Å². The highest BCUT2D eigenvalue weighted by Gasteiger charge is 2.34. The first-order chi connectivity index (χ1) is 9.80. The molecule has 1 aliphatic rings. The molecule has 0 amide bonds. The number of hydrogen-bond acceptors (Lipinski definition) is 3. The standard InChI is InChI=1S/C15H26N2O3S/c1-4-7-16-10-14(9-13(16)11-18)21(19,20)17-8-5-6-15(2,3)12-17/h9-10,18H,4-8,11-12H2,1-3H3. The van der Waals surface area contributed by atoms with Gasteiger partial charge in [0.05, 0.1) is 6.61 Å². The summed E-state index contributed by atoms with van der Waals surface area (Å²) >= 11 is 0. The van der Waals surface area contributed by atoms with Crippen molar-refractivity contribution >= 4 is 10.0 Å². The number of aliphatic hydroxyl groups excluding tert-OH is 1. The Kier molecular flexibility index (Phi) is 4.80. The number of aryl methyl sites for hydroxylation is 1. The molecule has 1 aliphatic heterocycles. The van der Waals surface area contributed by atoms with E-state index in [1.807, 2.05) is 11.5 Å². The van der Waals surface area contributed by atoms with Gasteiger partial charge < -0.3 is 9.67 Å². The Labute approximate surface area is 127 Å². The number of nitrogens with zero attached hydrogens (tertiary/aromatic N) is 2. The average molecular weight is 314 g/mol. The first kappa shape index (κ1) is 16.5. The minimum Gasteiger partial charge on any atom is -0.390 e. The topological polar surface area (TPSA) is 62.5 Å². The van der Waals surface area contributed by atoms with Crippen LogP contribution in [0.1, 0.15) is 45.7 Å². The zero-order valence-corrected chi connectivity index (χ0v) is 14.0. The van der Waals surface area contributed by atoms with Crippen molar-refractivity contribution in [1.82, 2.24) is 8.87 Å². The Morgan fingerprint density at radius 3 is 2.67 bits per heavy atom. The van der Waals surface area contributed by atoms with Gasteiger partial charge in [0.1, 0.15) is 4.90 Å². The summed E-state index contributed by atoms with van der Waals surface area (Å²) in [6, 6.07) is 1.60. The van der Waals surface area contributed by atoms with Crippen molar-refractivity contribution in [1.29, 1.82) is 0 Å².